The van der Waals surface area contributed by atoms with Gasteiger partial charge in [0.1, 0.15) is 69.6 Å². The molecule has 6 atom stereocenters. The summed E-state index contributed by atoms with van der Waals surface area (Å²) in [4.78, 5) is 106. The average Bonchev–Trinajstić information content (AvgIpc) is 1.03. The maximum atomic E-state index is 17.1. The summed E-state index contributed by atoms with van der Waals surface area (Å²) >= 11 is 0. The van der Waals surface area contributed by atoms with E-state index in [1.807, 2.05) is 123 Å². The Morgan fingerprint density at radius 2 is 0.642 bits per heavy atom. The molecule has 24 nitrogen and oxygen atoms in total. The van der Waals surface area contributed by atoms with Crippen molar-refractivity contribution >= 4 is 113 Å². The van der Waals surface area contributed by atoms with E-state index in [0.717, 1.165) is 9.80 Å². The fourth-order valence-corrected chi connectivity index (χ4v) is 16.3. The van der Waals surface area contributed by atoms with Crippen LogP contribution in [-0.2, 0) is 41.4 Å². The first kappa shape index (κ1) is 76.2. The molecule has 0 saturated carbocycles. The van der Waals surface area contributed by atoms with Crippen molar-refractivity contribution in [3.63, 3.8) is 0 Å². The second-order valence-electron chi connectivity index (χ2n) is 30.9. The molecule has 0 bridgehead atoms. The molecule has 120 heavy (non-hydrogen) atoms. The lowest BCUT2D eigenvalue weighted by atomic mass is 9.80. The van der Waals surface area contributed by atoms with Crippen LogP contribution < -0.4 is 50.0 Å². The molecule has 19 rings (SSSR count). The zero-order valence-electron chi connectivity index (χ0n) is 65.7. The van der Waals surface area contributed by atoms with Crippen molar-refractivity contribution in [2.75, 3.05) is 96.8 Å². The molecule has 13 aromatic carbocycles. The maximum Gasteiger partial charge on any atom is 0.262 e. The van der Waals surface area contributed by atoms with Crippen molar-refractivity contribution in [3.05, 3.63) is 264 Å². The summed E-state index contributed by atoms with van der Waals surface area (Å²) in [6.45, 7) is 8.57. The van der Waals surface area contributed by atoms with E-state index < -0.39 is 47.5 Å². The number of ether oxygens (including phenoxy) is 8. The lowest BCUT2D eigenvalue weighted by Crippen LogP contribution is -2.56. The number of fused-ring (bicyclic) bond motifs is 2. The molecule has 13 aromatic rings. The van der Waals surface area contributed by atoms with E-state index in [2.05, 4.69) is 21.3 Å². The molecule has 0 aromatic heterocycles. The first-order chi connectivity index (χ1) is 58.6. The number of hydrogen-bond donors (Lipinski definition) is 6. The van der Waals surface area contributed by atoms with Crippen LogP contribution in [0.1, 0.15) is 79.2 Å². The standard InChI is InChI=1S/C96H84N8O16/c1-3-35-101(61-19-7-5-8-20-61)95(111)77(37-55-27-31-63(105)32-28-55)103-91(107)73-43-79(117-65-23-11-15-57(39-65)97-47-69-51-113-69)85-87-81(119-67-25-13-17-59(41-67)99-49-71-53-115-71)45-75-84-76(94(110)104(93(75)109)78(38-56-29-33-64(106)34-30-56)96(112)102(36-4-2)62-21-9-6-10-22-62)46-82(120-68-26-14-18-60(42-68)100-50-72-54-116-72)88(90(84)87)86-80(44-74(92(103)108)83(73)89(85)86)118-66-24-12-16-58(40-66)98-48-70-52-114-70/h5-34,39-46,69-72,77-78,97-100,105-106H,3-4,35-38,47-54H2,1-2H3. The quantitative estimate of drug-likeness (QED) is 0.00945. The second kappa shape index (κ2) is 32.3. The third-order valence-corrected chi connectivity index (χ3v) is 22.4. The van der Waals surface area contributed by atoms with E-state index in [1.165, 1.54) is 24.3 Å². The number of para-hydroxylation sites is 2. The lowest BCUT2D eigenvalue weighted by Gasteiger charge is -2.38. The van der Waals surface area contributed by atoms with Crippen LogP contribution in [0.2, 0.25) is 0 Å². The number of aromatic hydroxyl groups is 2. The third-order valence-electron chi connectivity index (χ3n) is 22.4. The van der Waals surface area contributed by atoms with Crippen LogP contribution in [0, 0.1) is 0 Å². The number of phenolic OH excluding ortho intramolecular Hbond substituents is 2. The van der Waals surface area contributed by atoms with Crippen molar-refractivity contribution in [2.45, 2.75) is 76.0 Å². The molecule has 4 saturated heterocycles. The number of hydrogen-bond acceptors (Lipinski definition) is 20. The van der Waals surface area contributed by atoms with Crippen LogP contribution in [0.3, 0.4) is 0 Å². The van der Waals surface area contributed by atoms with E-state index in [4.69, 9.17) is 37.9 Å². The molecular formula is C96H84N8O16. The van der Waals surface area contributed by atoms with E-state index in [-0.39, 0.29) is 173 Å². The van der Waals surface area contributed by atoms with Gasteiger partial charge in [-0.25, -0.2) is 0 Å². The predicted molar refractivity (Wildman–Crippen MR) is 457 cm³/mol. The largest absolute Gasteiger partial charge is 0.508 e. The summed E-state index contributed by atoms with van der Waals surface area (Å²) in [5, 5.41) is 36.9. The second-order valence-corrected chi connectivity index (χ2v) is 30.9. The molecule has 4 fully saturated rings. The Hall–Kier alpha value is -13.8. The highest BCUT2D eigenvalue weighted by Crippen LogP contribution is 2.59. The summed E-state index contributed by atoms with van der Waals surface area (Å²) in [5.41, 5.74) is 4.56. The van der Waals surface area contributed by atoms with Gasteiger partial charge in [-0.2, -0.15) is 0 Å². The Bertz CT molecular complexity index is 5550. The van der Waals surface area contributed by atoms with Crippen LogP contribution in [0.25, 0.3) is 43.1 Å². The summed E-state index contributed by atoms with van der Waals surface area (Å²) in [7, 11) is 0. The number of epoxide rings is 4. The topological polar surface area (TPSA) is 291 Å². The van der Waals surface area contributed by atoms with Crippen LogP contribution in [0.4, 0.5) is 34.1 Å². The minimum atomic E-state index is -1.54. The van der Waals surface area contributed by atoms with E-state index in [0.29, 0.717) is 111 Å². The highest BCUT2D eigenvalue weighted by atomic mass is 16.6. The smallest absolute Gasteiger partial charge is 0.262 e. The number of nitrogens with one attached hydrogen (secondary N) is 4. The van der Waals surface area contributed by atoms with Gasteiger partial charge >= 0.3 is 0 Å². The molecule has 6 heterocycles. The van der Waals surface area contributed by atoms with Crippen LogP contribution in [-0.4, -0.2) is 158 Å². The van der Waals surface area contributed by atoms with E-state index in [9.17, 15) is 10.2 Å². The molecule has 6 unspecified atom stereocenters. The van der Waals surface area contributed by atoms with Gasteiger partial charge in [0.2, 0.25) is 0 Å². The number of benzene rings is 13. The number of nitrogens with zero attached hydrogens (tertiary/aromatic N) is 4. The SMILES string of the molecule is CCCN(C(=O)C(Cc1ccc(O)cc1)N1C(=O)c2cc(Oc3cccc(NCC4CO4)c3)c3c4c(Oc5cccc(NCC6CO6)c5)cc5c6c(cc(Oc7cccc(NCC8CO8)c7)c(c7c(Oc8cccc(NCC9CO9)c8)cc(c2c37)C1=O)c64)C(=O)N(C(Cc1ccc(O)cc1)C(=O)N(CCC)c1ccccc1)C5=O)c1ccccc1. The lowest BCUT2D eigenvalue weighted by molar-refractivity contribution is -0.123. The van der Waals surface area contributed by atoms with Gasteiger partial charge < -0.3 is 79.2 Å². The molecule has 24 heteroatoms. The van der Waals surface area contributed by atoms with Crippen LogP contribution in [0.5, 0.6) is 57.5 Å². The van der Waals surface area contributed by atoms with Crippen LogP contribution in [0.15, 0.2) is 231 Å². The van der Waals surface area contributed by atoms with Crippen molar-refractivity contribution < 1.29 is 76.9 Å². The minimum Gasteiger partial charge on any atom is -0.508 e. The molecule has 6 N–H and O–H groups in total. The monoisotopic (exact) mass is 1600 g/mol. The van der Waals surface area contributed by atoms with Crippen molar-refractivity contribution in [1.29, 1.82) is 0 Å². The number of amides is 6. The van der Waals surface area contributed by atoms with Crippen molar-refractivity contribution in [2.24, 2.45) is 0 Å². The number of carbonyl (C=O) groups is 6. The maximum absolute atomic E-state index is 17.1. The van der Waals surface area contributed by atoms with Crippen molar-refractivity contribution in [1.82, 2.24) is 9.80 Å². The van der Waals surface area contributed by atoms with Gasteiger partial charge in [-0.3, -0.25) is 38.6 Å². The van der Waals surface area contributed by atoms with Crippen molar-refractivity contribution in [3.8, 4) is 57.5 Å². The molecular weight excluding hydrogens is 1520 g/mol. The summed E-state index contributed by atoms with van der Waals surface area (Å²) in [6, 6.07) is 63.1. The minimum absolute atomic E-state index is 0.0152. The molecule has 6 aliphatic heterocycles. The van der Waals surface area contributed by atoms with Gasteiger partial charge in [-0.05, 0) is 145 Å². The van der Waals surface area contributed by atoms with Gasteiger partial charge in [0, 0.05) is 154 Å². The fourth-order valence-electron chi connectivity index (χ4n) is 16.3. The summed E-state index contributed by atoms with van der Waals surface area (Å²) in [6.07, 6.45) is 0.558. The molecule has 604 valence electrons. The Balaban J connectivity index is 0.930. The molecule has 6 amide bonds. The predicted octanol–water partition coefficient (Wildman–Crippen LogP) is 16.9. The van der Waals surface area contributed by atoms with Gasteiger partial charge in [-0.1, -0.05) is 98.8 Å². The van der Waals surface area contributed by atoms with Gasteiger partial charge in [0.05, 0.1) is 73.1 Å². The Labute approximate surface area is 689 Å². The first-order valence-electron chi connectivity index (χ1n) is 40.6. The Morgan fingerprint density at radius 3 is 0.900 bits per heavy atom. The average molecular weight is 1610 g/mol. The summed E-state index contributed by atoms with van der Waals surface area (Å²) < 4.78 is 52.6. The molecule has 0 aliphatic carbocycles. The number of rotatable bonds is 34. The third kappa shape index (κ3) is 15.4. The number of carbonyl (C=O) groups excluding carboxylic acids is 6. The zero-order chi connectivity index (χ0) is 81.8. The van der Waals surface area contributed by atoms with Crippen LogP contribution >= 0.6 is 0 Å². The number of anilines is 6. The van der Waals surface area contributed by atoms with Gasteiger partial charge in [0.15, 0.2) is 0 Å². The Morgan fingerprint density at radius 1 is 0.367 bits per heavy atom. The highest BCUT2D eigenvalue weighted by molar-refractivity contribution is 6.45. The highest BCUT2D eigenvalue weighted by Gasteiger charge is 2.48. The number of imide groups is 2. The van der Waals surface area contributed by atoms with Gasteiger partial charge in [-0.15, -0.1) is 0 Å². The van der Waals surface area contributed by atoms with Gasteiger partial charge in [0.25, 0.3) is 35.4 Å². The molecule has 6 aliphatic rings. The number of phenols is 2. The van der Waals surface area contributed by atoms with E-state index >= 15 is 28.8 Å². The zero-order valence-corrected chi connectivity index (χ0v) is 65.7. The normalized spacial score (nSPS) is 17.2. The molecule has 0 spiro atoms. The molecule has 0 radical (unpaired) electrons. The summed E-state index contributed by atoms with van der Waals surface area (Å²) in [5.74, 6) is -3.43. The fraction of sp³-hybridized carbons (Fsp3) is 0.229. The first-order valence-corrected chi connectivity index (χ1v) is 40.6. The Kier molecular flexibility index (Phi) is 20.5. The van der Waals surface area contributed by atoms with E-state index in [1.54, 1.807) is 107 Å².